The van der Waals surface area contributed by atoms with Crippen molar-refractivity contribution < 1.29 is 40.6 Å². The highest BCUT2D eigenvalue weighted by Crippen LogP contribution is 2.33. The maximum atomic E-state index is 13.6. The summed E-state index contributed by atoms with van der Waals surface area (Å²) in [4.78, 5) is 12.7. The van der Waals surface area contributed by atoms with E-state index in [-0.39, 0.29) is 36.4 Å². The molecule has 2 heterocycles. The molecule has 226 valence electrons. The Morgan fingerprint density at radius 2 is 1.78 bits per heavy atom. The molecular weight excluding hydrogens is 563 g/mol. The topological polar surface area (TPSA) is 120 Å². The summed E-state index contributed by atoms with van der Waals surface area (Å²) in [7, 11) is -4.21. The molecule has 2 aromatic carbocycles. The number of nitrogens with two attached hydrogens (primary N) is 1. The standard InChI is InChI=1S/C28H36F3N3O6S/c1-18(2)15-34(41(36,37)21-10-8-20(9-11-21)28(29,30)31)16-23(32)24(14-19-6-4-3-5-7-19)33-27(35)40-25-17-39-26-22(25)12-13-38-26/h3-11,18,22-26H,12-17,32H2,1-2H3,(H,33,35)/t22-,23+,24-,25?,26+/m0/s1. The van der Waals surface area contributed by atoms with Crippen LogP contribution in [0.15, 0.2) is 59.5 Å². The zero-order valence-electron chi connectivity index (χ0n) is 22.9. The van der Waals surface area contributed by atoms with Crippen LogP contribution in [0.5, 0.6) is 0 Å². The van der Waals surface area contributed by atoms with E-state index < -0.39 is 52.3 Å². The molecule has 2 aliphatic heterocycles. The van der Waals surface area contributed by atoms with Crippen LogP contribution < -0.4 is 11.1 Å². The number of alkyl halides is 3. The quantitative estimate of drug-likeness (QED) is 0.404. The van der Waals surface area contributed by atoms with Gasteiger partial charge in [0.2, 0.25) is 10.0 Å². The van der Waals surface area contributed by atoms with Gasteiger partial charge in [-0.05, 0) is 48.6 Å². The smallest absolute Gasteiger partial charge is 0.416 e. The van der Waals surface area contributed by atoms with E-state index in [0.29, 0.717) is 19.4 Å². The number of amides is 1. The van der Waals surface area contributed by atoms with Gasteiger partial charge in [0.25, 0.3) is 0 Å². The molecule has 2 fully saturated rings. The molecule has 0 bridgehead atoms. The van der Waals surface area contributed by atoms with Crippen molar-refractivity contribution in [2.75, 3.05) is 26.3 Å². The first-order valence-electron chi connectivity index (χ1n) is 13.5. The number of hydrogen-bond donors (Lipinski definition) is 2. The van der Waals surface area contributed by atoms with Gasteiger partial charge >= 0.3 is 12.3 Å². The fourth-order valence-electron chi connectivity index (χ4n) is 5.05. The minimum Gasteiger partial charge on any atom is -0.443 e. The lowest BCUT2D eigenvalue weighted by molar-refractivity contribution is -0.137. The van der Waals surface area contributed by atoms with Crippen LogP contribution in [-0.2, 0) is 36.8 Å². The second kappa shape index (κ2) is 13.1. The van der Waals surface area contributed by atoms with Gasteiger partial charge < -0.3 is 25.3 Å². The van der Waals surface area contributed by atoms with Crippen LogP contribution in [0.4, 0.5) is 18.0 Å². The molecule has 0 aliphatic carbocycles. The third kappa shape index (κ3) is 7.98. The van der Waals surface area contributed by atoms with Gasteiger partial charge in [-0.3, -0.25) is 0 Å². The SMILES string of the molecule is CC(C)CN(C[C@@H](N)[C@H](Cc1ccccc1)NC(=O)OC1CO[C@H]2OCC[C@@H]12)S(=O)(=O)c1ccc(C(F)(F)F)cc1. The molecule has 1 amide bonds. The number of sulfonamides is 1. The first-order valence-corrected chi connectivity index (χ1v) is 15.0. The van der Waals surface area contributed by atoms with E-state index in [1.165, 1.54) is 0 Å². The number of benzene rings is 2. The van der Waals surface area contributed by atoms with E-state index in [9.17, 15) is 26.4 Å². The number of rotatable bonds is 11. The number of carbonyl (C=O) groups is 1. The highest BCUT2D eigenvalue weighted by atomic mass is 32.2. The van der Waals surface area contributed by atoms with Gasteiger partial charge in [0, 0.05) is 19.1 Å². The number of nitrogens with zero attached hydrogens (tertiary/aromatic N) is 1. The Balaban J connectivity index is 1.52. The van der Waals surface area contributed by atoms with Crippen molar-refractivity contribution in [2.24, 2.45) is 17.6 Å². The van der Waals surface area contributed by atoms with Crippen molar-refractivity contribution in [2.45, 2.75) is 62.2 Å². The molecule has 2 aliphatic rings. The van der Waals surface area contributed by atoms with Crippen molar-refractivity contribution in [3.8, 4) is 0 Å². The largest absolute Gasteiger partial charge is 0.443 e. The molecule has 0 saturated carbocycles. The maximum absolute atomic E-state index is 13.6. The second-order valence-electron chi connectivity index (χ2n) is 10.8. The van der Waals surface area contributed by atoms with Crippen molar-refractivity contribution in [3.05, 3.63) is 65.7 Å². The number of fused-ring (bicyclic) bond motifs is 1. The normalized spacial score (nSPS) is 22.5. The molecule has 1 unspecified atom stereocenters. The predicted octanol–water partition coefficient (Wildman–Crippen LogP) is 3.78. The summed E-state index contributed by atoms with van der Waals surface area (Å²) < 4.78 is 84.1. The van der Waals surface area contributed by atoms with Crippen molar-refractivity contribution >= 4 is 16.1 Å². The van der Waals surface area contributed by atoms with E-state index >= 15 is 0 Å². The molecule has 41 heavy (non-hydrogen) atoms. The van der Waals surface area contributed by atoms with Crippen LogP contribution in [0.2, 0.25) is 0 Å². The fraction of sp³-hybridized carbons (Fsp3) is 0.536. The second-order valence-corrected chi connectivity index (χ2v) is 12.7. The summed E-state index contributed by atoms with van der Waals surface area (Å²) in [6, 6.07) is 11.0. The van der Waals surface area contributed by atoms with Gasteiger partial charge in [-0.1, -0.05) is 44.2 Å². The van der Waals surface area contributed by atoms with Crippen LogP contribution in [0, 0.1) is 11.8 Å². The van der Waals surface area contributed by atoms with Gasteiger partial charge in [-0.2, -0.15) is 17.5 Å². The van der Waals surface area contributed by atoms with Crippen LogP contribution in [0.25, 0.3) is 0 Å². The third-order valence-corrected chi connectivity index (χ3v) is 9.01. The van der Waals surface area contributed by atoms with Gasteiger partial charge in [0.05, 0.1) is 35.6 Å². The third-order valence-electron chi connectivity index (χ3n) is 7.16. The Morgan fingerprint density at radius 3 is 2.41 bits per heavy atom. The van der Waals surface area contributed by atoms with E-state index in [1.54, 1.807) is 0 Å². The van der Waals surface area contributed by atoms with Gasteiger partial charge in [0.15, 0.2) is 6.29 Å². The first-order chi connectivity index (χ1) is 19.3. The summed E-state index contributed by atoms with van der Waals surface area (Å²) in [6.07, 6.45) is -5.17. The van der Waals surface area contributed by atoms with E-state index in [1.807, 2.05) is 44.2 Å². The average molecular weight is 600 g/mol. The van der Waals surface area contributed by atoms with Crippen LogP contribution >= 0.6 is 0 Å². The van der Waals surface area contributed by atoms with E-state index in [2.05, 4.69) is 5.32 Å². The molecule has 4 rings (SSSR count). The van der Waals surface area contributed by atoms with E-state index in [0.717, 1.165) is 34.1 Å². The van der Waals surface area contributed by atoms with Crippen molar-refractivity contribution in [3.63, 3.8) is 0 Å². The Kier molecular flexibility index (Phi) is 9.96. The molecule has 5 atom stereocenters. The van der Waals surface area contributed by atoms with Crippen LogP contribution in [0.3, 0.4) is 0 Å². The monoisotopic (exact) mass is 599 g/mol. The zero-order chi connectivity index (χ0) is 29.8. The lowest BCUT2D eigenvalue weighted by atomic mass is 9.99. The van der Waals surface area contributed by atoms with E-state index in [4.69, 9.17) is 19.9 Å². The van der Waals surface area contributed by atoms with Gasteiger partial charge in [0.1, 0.15) is 6.10 Å². The van der Waals surface area contributed by atoms with Crippen LogP contribution in [0.1, 0.15) is 31.4 Å². The highest BCUT2D eigenvalue weighted by Gasteiger charge is 2.44. The Labute approximate surface area is 238 Å². The number of nitrogens with one attached hydrogen (secondary N) is 1. The van der Waals surface area contributed by atoms with Crippen molar-refractivity contribution in [1.29, 1.82) is 0 Å². The Hall–Kier alpha value is -2.71. The Bertz CT molecular complexity index is 1260. The number of halogens is 3. The number of hydrogen-bond acceptors (Lipinski definition) is 7. The molecule has 3 N–H and O–H groups in total. The number of alkyl carbamates (subject to hydrolysis) is 1. The molecule has 13 heteroatoms. The molecule has 2 saturated heterocycles. The van der Waals surface area contributed by atoms with Crippen LogP contribution in [-0.4, -0.2) is 69.6 Å². The lowest BCUT2D eigenvalue weighted by Gasteiger charge is -2.31. The maximum Gasteiger partial charge on any atom is 0.416 e. The van der Waals surface area contributed by atoms with Crippen molar-refractivity contribution in [1.82, 2.24) is 9.62 Å². The molecular formula is C28H36F3N3O6S. The molecule has 9 nitrogen and oxygen atoms in total. The Morgan fingerprint density at radius 1 is 1.10 bits per heavy atom. The summed E-state index contributed by atoms with van der Waals surface area (Å²) in [5.41, 5.74) is 6.49. The molecule has 2 aromatic rings. The predicted molar refractivity (Wildman–Crippen MR) is 144 cm³/mol. The number of carbonyl (C=O) groups excluding carboxylic acids is 1. The summed E-state index contributed by atoms with van der Waals surface area (Å²) in [5.74, 6) is -0.168. The summed E-state index contributed by atoms with van der Waals surface area (Å²) in [5, 5.41) is 2.82. The first kappa shape index (κ1) is 31.2. The minimum absolute atomic E-state index is 0.0580. The van der Waals surface area contributed by atoms with Gasteiger partial charge in [-0.15, -0.1) is 0 Å². The minimum atomic E-state index is -4.59. The molecule has 0 spiro atoms. The van der Waals surface area contributed by atoms with Gasteiger partial charge in [-0.25, -0.2) is 13.2 Å². The fourth-order valence-corrected chi connectivity index (χ4v) is 6.69. The molecule has 0 aromatic heterocycles. The average Bonchev–Trinajstić information content (AvgIpc) is 3.53. The zero-order valence-corrected chi connectivity index (χ0v) is 23.7. The number of ether oxygens (including phenoxy) is 3. The lowest BCUT2D eigenvalue weighted by Crippen LogP contribution is -2.55. The molecule has 0 radical (unpaired) electrons. The summed E-state index contributed by atoms with van der Waals surface area (Å²) >= 11 is 0. The summed E-state index contributed by atoms with van der Waals surface area (Å²) in [6.45, 7) is 4.26. The highest BCUT2D eigenvalue weighted by molar-refractivity contribution is 7.89.